The molecule has 36 heavy (non-hydrogen) atoms. The molecule has 2 N–H and O–H groups in total. The van der Waals surface area contributed by atoms with E-state index < -0.39 is 11.7 Å². The van der Waals surface area contributed by atoms with Crippen LogP contribution in [0.4, 0.5) is 36.3 Å². The first-order valence-electron chi connectivity index (χ1n) is 12.2. The summed E-state index contributed by atoms with van der Waals surface area (Å²) in [6.07, 6.45) is 0.550. The lowest BCUT2D eigenvalue weighted by Gasteiger charge is -2.15. The molecule has 6 nitrogen and oxygen atoms in total. The van der Waals surface area contributed by atoms with Gasteiger partial charge >= 0.3 is 6.18 Å². The summed E-state index contributed by atoms with van der Waals surface area (Å²) in [5.41, 5.74) is 0.120. The van der Waals surface area contributed by atoms with Crippen LogP contribution in [0.3, 0.4) is 0 Å². The van der Waals surface area contributed by atoms with Crippen molar-refractivity contribution in [3.05, 3.63) is 60.3 Å². The highest BCUT2D eigenvalue weighted by molar-refractivity contribution is 5.63. The Hall–Kier alpha value is -3.49. The molecule has 2 aromatic carbocycles. The average Bonchev–Trinajstić information content (AvgIpc) is 2.84. The van der Waals surface area contributed by atoms with Crippen molar-refractivity contribution in [2.45, 2.75) is 52.6 Å². The van der Waals surface area contributed by atoms with Crippen LogP contribution in [0, 0.1) is 5.92 Å². The molecule has 0 amide bonds. The third-order valence-electron chi connectivity index (χ3n) is 5.17. The quantitative estimate of drug-likeness (QED) is 0.231. The van der Waals surface area contributed by atoms with Crippen LogP contribution in [0.25, 0.3) is 0 Å². The zero-order valence-corrected chi connectivity index (χ0v) is 20.9. The van der Waals surface area contributed by atoms with Crippen molar-refractivity contribution < 1.29 is 22.6 Å². The molecule has 0 aliphatic carbocycles. The van der Waals surface area contributed by atoms with E-state index in [1.807, 2.05) is 0 Å². The Kier molecular flexibility index (Phi) is 9.78. The monoisotopic (exact) mass is 502 g/mol. The number of unbranched alkanes of at least 4 members (excludes halogenated alkanes) is 3. The van der Waals surface area contributed by atoms with Crippen LogP contribution in [-0.2, 0) is 6.18 Å². The van der Waals surface area contributed by atoms with Crippen LogP contribution in [0.15, 0.2) is 54.7 Å². The maximum absolute atomic E-state index is 13.6. The summed E-state index contributed by atoms with van der Waals surface area (Å²) in [7, 11) is 0. The Morgan fingerprint density at radius 1 is 0.833 bits per heavy atom. The number of nitrogens with one attached hydrogen (secondary N) is 2. The van der Waals surface area contributed by atoms with Crippen molar-refractivity contribution in [2.75, 3.05) is 23.8 Å². The van der Waals surface area contributed by atoms with Crippen LogP contribution in [0.2, 0.25) is 0 Å². The molecule has 0 unspecified atom stereocenters. The van der Waals surface area contributed by atoms with Gasteiger partial charge in [0.25, 0.3) is 0 Å². The molecule has 0 radical (unpaired) electrons. The third-order valence-corrected chi connectivity index (χ3v) is 5.17. The molecule has 0 saturated heterocycles. The summed E-state index contributed by atoms with van der Waals surface area (Å²) >= 11 is 0. The van der Waals surface area contributed by atoms with Gasteiger partial charge in [0, 0.05) is 17.6 Å². The van der Waals surface area contributed by atoms with E-state index in [2.05, 4.69) is 41.4 Å². The molecule has 0 aliphatic heterocycles. The number of anilines is 4. The summed E-state index contributed by atoms with van der Waals surface area (Å²) in [5.74, 6) is 1.46. The number of benzene rings is 2. The molecular weight excluding hydrogens is 469 g/mol. The predicted molar refractivity (Wildman–Crippen MR) is 136 cm³/mol. The molecule has 0 spiro atoms. The topological polar surface area (TPSA) is 68.3 Å². The zero-order valence-electron chi connectivity index (χ0n) is 20.9. The largest absolute Gasteiger partial charge is 0.494 e. The summed E-state index contributed by atoms with van der Waals surface area (Å²) < 4.78 is 52.2. The van der Waals surface area contributed by atoms with Gasteiger partial charge in [-0.15, -0.1) is 0 Å². The Morgan fingerprint density at radius 3 is 2.03 bits per heavy atom. The fraction of sp³-hybridized carbons (Fsp3) is 0.407. The van der Waals surface area contributed by atoms with Crippen molar-refractivity contribution in [1.82, 2.24) is 9.97 Å². The number of alkyl halides is 3. The Balaban J connectivity index is 1.69. The number of nitrogens with zero attached hydrogens (tertiary/aromatic N) is 2. The van der Waals surface area contributed by atoms with Gasteiger partial charge in [0.1, 0.15) is 22.9 Å². The van der Waals surface area contributed by atoms with Crippen LogP contribution < -0.4 is 20.1 Å². The van der Waals surface area contributed by atoms with Crippen LogP contribution >= 0.6 is 0 Å². The standard InChI is InChI=1S/C27H33F3N4O2/c1-4-5-6-7-16-35-22-12-8-20(9-13-22)32-25-24(27(28,29)30)17-31-26(34-25)33-21-10-14-23(15-11-21)36-18-19(2)3/h8-15,17,19H,4-7,16,18H2,1-3H3,(H2,31,32,33,34). The van der Waals surface area contributed by atoms with E-state index in [9.17, 15) is 13.2 Å². The Labute approximate surface area is 210 Å². The van der Waals surface area contributed by atoms with Crippen LogP contribution in [-0.4, -0.2) is 23.2 Å². The second-order valence-corrected chi connectivity index (χ2v) is 8.87. The van der Waals surface area contributed by atoms with E-state index in [-0.39, 0.29) is 11.8 Å². The van der Waals surface area contributed by atoms with E-state index in [1.54, 1.807) is 48.5 Å². The van der Waals surface area contributed by atoms with Gasteiger partial charge in [0.05, 0.1) is 13.2 Å². The molecule has 194 valence electrons. The van der Waals surface area contributed by atoms with Gasteiger partial charge in [-0.2, -0.15) is 18.2 Å². The smallest absolute Gasteiger partial charge is 0.421 e. The van der Waals surface area contributed by atoms with E-state index in [0.717, 1.165) is 25.5 Å². The molecule has 1 heterocycles. The van der Waals surface area contributed by atoms with Crippen molar-refractivity contribution in [2.24, 2.45) is 5.92 Å². The van der Waals surface area contributed by atoms with Crippen molar-refractivity contribution in [3.63, 3.8) is 0 Å². The summed E-state index contributed by atoms with van der Waals surface area (Å²) in [5, 5.41) is 5.71. The number of ether oxygens (including phenoxy) is 2. The molecule has 3 aromatic rings. The van der Waals surface area contributed by atoms with Gasteiger partial charge in [0.2, 0.25) is 5.95 Å². The molecule has 0 saturated carbocycles. The maximum Gasteiger partial charge on any atom is 0.421 e. The maximum atomic E-state index is 13.6. The van der Waals surface area contributed by atoms with E-state index in [0.29, 0.717) is 42.0 Å². The predicted octanol–water partition coefficient (Wildman–Crippen LogP) is 7.98. The van der Waals surface area contributed by atoms with E-state index >= 15 is 0 Å². The molecule has 0 atom stereocenters. The lowest BCUT2D eigenvalue weighted by Crippen LogP contribution is -2.12. The zero-order chi connectivity index (χ0) is 26.0. The minimum Gasteiger partial charge on any atom is -0.494 e. The van der Waals surface area contributed by atoms with Gasteiger partial charge < -0.3 is 20.1 Å². The third kappa shape index (κ3) is 8.62. The van der Waals surface area contributed by atoms with Gasteiger partial charge in [0.15, 0.2) is 0 Å². The molecule has 1 aromatic heterocycles. The highest BCUT2D eigenvalue weighted by atomic mass is 19.4. The Bertz CT molecular complexity index is 1070. The van der Waals surface area contributed by atoms with Crippen molar-refractivity contribution in [1.29, 1.82) is 0 Å². The van der Waals surface area contributed by atoms with Crippen LogP contribution in [0.5, 0.6) is 11.5 Å². The second kappa shape index (κ2) is 13.0. The fourth-order valence-corrected chi connectivity index (χ4v) is 3.26. The molecular formula is C27H33F3N4O2. The van der Waals surface area contributed by atoms with E-state index in [4.69, 9.17) is 9.47 Å². The minimum absolute atomic E-state index is 0.0355. The fourth-order valence-electron chi connectivity index (χ4n) is 3.26. The number of aromatic nitrogens is 2. The normalized spacial score (nSPS) is 11.4. The average molecular weight is 503 g/mol. The lowest BCUT2D eigenvalue weighted by molar-refractivity contribution is -0.137. The molecule has 0 fully saturated rings. The molecule has 0 aliphatic rings. The minimum atomic E-state index is -4.61. The second-order valence-electron chi connectivity index (χ2n) is 8.87. The first-order chi connectivity index (χ1) is 17.2. The van der Waals surface area contributed by atoms with Gasteiger partial charge in [-0.25, -0.2) is 4.98 Å². The lowest BCUT2D eigenvalue weighted by atomic mass is 10.2. The van der Waals surface area contributed by atoms with E-state index in [1.165, 1.54) is 6.42 Å². The Morgan fingerprint density at radius 2 is 1.44 bits per heavy atom. The van der Waals surface area contributed by atoms with Crippen LogP contribution in [0.1, 0.15) is 52.0 Å². The van der Waals surface area contributed by atoms with Gasteiger partial charge in [-0.3, -0.25) is 0 Å². The highest BCUT2D eigenvalue weighted by Crippen LogP contribution is 2.35. The number of hydrogen-bond acceptors (Lipinski definition) is 6. The summed E-state index contributed by atoms with van der Waals surface area (Å²) in [4.78, 5) is 7.96. The van der Waals surface area contributed by atoms with Gasteiger partial charge in [-0.1, -0.05) is 40.0 Å². The summed E-state index contributed by atoms with van der Waals surface area (Å²) in [6, 6.07) is 13.8. The molecule has 3 rings (SSSR count). The van der Waals surface area contributed by atoms with Crippen molar-refractivity contribution in [3.8, 4) is 11.5 Å². The first kappa shape index (κ1) is 27.1. The first-order valence-corrected chi connectivity index (χ1v) is 12.2. The van der Waals surface area contributed by atoms with Crippen molar-refractivity contribution >= 4 is 23.1 Å². The number of halogens is 3. The molecule has 9 heteroatoms. The number of rotatable bonds is 13. The summed E-state index contributed by atoms with van der Waals surface area (Å²) in [6.45, 7) is 7.46. The highest BCUT2D eigenvalue weighted by Gasteiger charge is 2.35. The SMILES string of the molecule is CCCCCCOc1ccc(Nc2nc(Nc3ccc(OCC(C)C)cc3)ncc2C(F)(F)F)cc1. The molecule has 0 bridgehead atoms. The van der Waals surface area contributed by atoms with Gasteiger partial charge in [-0.05, 0) is 60.9 Å². The number of hydrogen-bond donors (Lipinski definition) is 2.